The molecule has 12 heavy (non-hydrogen) atoms. The first-order chi connectivity index (χ1) is 5.77. The lowest BCUT2D eigenvalue weighted by atomic mass is 10.0. The van der Waals surface area contributed by atoms with Crippen LogP contribution < -0.4 is 11.3 Å². The second kappa shape index (κ2) is 4.07. The number of hydrogen-bond acceptors (Lipinski definition) is 3. The van der Waals surface area contributed by atoms with E-state index in [1.165, 1.54) is 5.56 Å². The molecule has 0 radical (unpaired) electrons. The molecule has 1 aromatic heterocycles. The Balaban J connectivity index is 2.77. The molecule has 1 rings (SSSR count). The minimum absolute atomic E-state index is 0.573. The Labute approximate surface area is 73.0 Å². The molecule has 0 aliphatic carbocycles. The highest BCUT2D eigenvalue weighted by Crippen LogP contribution is 2.17. The van der Waals surface area contributed by atoms with Crippen LogP contribution in [0.3, 0.4) is 0 Å². The Morgan fingerprint density at radius 1 is 1.58 bits per heavy atom. The summed E-state index contributed by atoms with van der Waals surface area (Å²) in [6.45, 7) is 4.35. The van der Waals surface area contributed by atoms with E-state index in [0.717, 1.165) is 6.42 Å². The fourth-order valence-electron chi connectivity index (χ4n) is 1.02. The molecule has 1 heterocycles. The van der Waals surface area contributed by atoms with Gasteiger partial charge >= 0.3 is 0 Å². The van der Waals surface area contributed by atoms with Crippen molar-refractivity contribution in [3.63, 3.8) is 0 Å². The van der Waals surface area contributed by atoms with Crippen LogP contribution in [0.4, 0.5) is 5.82 Å². The first kappa shape index (κ1) is 9.00. The molecule has 1 aromatic rings. The molecule has 3 heteroatoms. The molecule has 1 unspecified atom stereocenters. The highest BCUT2D eigenvalue weighted by Gasteiger charge is 2.01. The van der Waals surface area contributed by atoms with E-state index in [0.29, 0.717) is 11.7 Å². The molecule has 0 saturated heterocycles. The van der Waals surface area contributed by atoms with Gasteiger partial charge in [-0.05, 0) is 24.0 Å². The molecule has 0 spiro atoms. The minimum Gasteiger partial charge on any atom is -0.308 e. The van der Waals surface area contributed by atoms with E-state index in [-0.39, 0.29) is 0 Å². The van der Waals surface area contributed by atoms with Crippen molar-refractivity contribution >= 4 is 5.82 Å². The Morgan fingerprint density at radius 3 is 2.75 bits per heavy atom. The van der Waals surface area contributed by atoms with Crippen molar-refractivity contribution in [1.82, 2.24) is 4.98 Å². The van der Waals surface area contributed by atoms with Gasteiger partial charge in [-0.1, -0.05) is 19.9 Å². The molecule has 3 nitrogen and oxygen atoms in total. The van der Waals surface area contributed by atoms with Crippen LogP contribution in [0.5, 0.6) is 0 Å². The van der Waals surface area contributed by atoms with Gasteiger partial charge in [0, 0.05) is 6.20 Å². The third-order valence-electron chi connectivity index (χ3n) is 2.12. The van der Waals surface area contributed by atoms with Gasteiger partial charge in [-0.15, -0.1) is 0 Å². The van der Waals surface area contributed by atoms with E-state index < -0.39 is 0 Å². The van der Waals surface area contributed by atoms with Crippen LogP contribution in [-0.4, -0.2) is 4.98 Å². The van der Waals surface area contributed by atoms with Gasteiger partial charge < -0.3 is 5.43 Å². The van der Waals surface area contributed by atoms with Crippen LogP contribution in [0.2, 0.25) is 0 Å². The summed E-state index contributed by atoms with van der Waals surface area (Å²) in [5, 5.41) is 0. The van der Waals surface area contributed by atoms with Crippen LogP contribution in [0.25, 0.3) is 0 Å². The quantitative estimate of drug-likeness (QED) is 0.531. The lowest BCUT2D eigenvalue weighted by molar-refractivity contribution is 0.730. The predicted molar refractivity (Wildman–Crippen MR) is 50.8 cm³/mol. The van der Waals surface area contributed by atoms with Gasteiger partial charge in [-0.25, -0.2) is 10.8 Å². The third-order valence-corrected chi connectivity index (χ3v) is 2.12. The van der Waals surface area contributed by atoms with E-state index in [9.17, 15) is 0 Å². The zero-order valence-electron chi connectivity index (χ0n) is 7.54. The number of anilines is 1. The van der Waals surface area contributed by atoms with E-state index in [2.05, 4.69) is 30.3 Å². The Morgan fingerprint density at radius 2 is 2.33 bits per heavy atom. The maximum Gasteiger partial charge on any atom is 0.139 e. The highest BCUT2D eigenvalue weighted by atomic mass is 15.2. The number of nitrogen functional groups attached to an aromatic ring is 1. The smallest absolute Gasteiger partial charge is 0.139 e. The average molecular weight is 165 g/mol. The monoisotopic (exact) mass is 165 g/mol. The van der Waals surface area contributed by atoms with E-state index in [4.69, 9.17) is 5.84 Å². The van der Waals surface area contributed by atoms with Gasteiger partial charge in [-0.2, -0.15) is 0 Å². The summed E-state index contributed by atoms with van der Waals surface area (Å²) in [6, 6.07) is 3.94. The van der Waals surface area contributed by atoms with E-state index in [1.54, 1.807) is 0 Å². The number of hydrogen-bond donors (Lipinski definition) is 2. The standard InChI is InChI=1S/C9H15N3/c1-3-7(2)8-4-5-9(12-10)11-6-8/h4-7H,3,10H2,1-2H3,(H,11,12). The van der Waals surface area contributed by atoms with Crippen molar-refractivity contribution in [2.24, 2.45) is 5.84 Å². The number of pyridine rings is 1. The largest absolute Gasteiger partial charge is 0.308 e. The number of hydrazine groups is 1. The van der Waals surface area contributed by atoms with Gasteiger partial charge in [0.1, 0.15) is 5.82 Å². The van der Waals surface area contributed by atoms with Crippen molar-refractivity contribution in [3.8, 4) is 0 Å². The van der Waals surface area contributed by atoms with Crippen LogP contribution in [0, 0.1) is 0 Å². The predicted octanol–water partition coefficient (Wildman–Crippen LogP) is 1.88. The van der Waals surface area contributed by atoms with Gasteiger partial charge in [0.25, 0.3) is 0 Å². The highest BCUT2D eigenvalue weighted by molar-refractivity contribution is 5.34. The molecule has 1 atom stereocenters. The summed E-state index contributed by atoms with van der Waals surface area (Å²) < 4.78 is 0. The molecule has 3 N–H and O–H groups in total. The SMILES string of the molecule is CCC(C)c1ccc(NN)nc1. The minimum atomic E-state index is 0.573. The van der Waals surface area contributed by atoms with Crippen molar-refractivity contribution in [1.29, 1.82) is 0 Å². The molecular formula is C9H15N3. The zero-order chi connectivity index (χ0) is 8.97. The Bertz CT molecular complexity index is 230. The number of aromatic nitrogens is 1. The Kier molecular flexibility index (Phi) is 3.05. The van der Waals surface area contributed by atoms with E-state index >= 15 is 0 Å². The number of nitrogens with zero attached hydrogens (tertiary/aromatic N) is 1. The van der Waals surface area contributed by atoms with Crippen molar-refractivity contribution in [2.45, 2.75) is 26.2 Å². The summed E-state index contributed by atoms with van der Waals surface area (Å²) >= 11 is 0. The van der Waals surface area contributed by atoms with Gasteiger partial charge in [0.15, 0.2) is 0 Å². The molecule has 66 valence electrons. The first-order valence-corrected chi connectivity index (χ1v) is 4.20. The Hall–Kier alpha value is -1.09. The number of rotatable bonds is 3. The third kappa shape index (κ3) is 1.95. The summed E-state index contributed by atoms with van der Waals surface area (Å²) in [4.78, 5) is 4.13. The van der Waals surface area contributed by atoms with Gasteiger partial charge in [-0.3, -0.25) is 0 Å². The maximum atomic E-state index is 5.20. The fourth-order valence-corrected chi connectivity index (χ4v) is 1.02. The maximum absolute atomic E-state index is 5.20. The van der Waals surface area contributed by atoms with Gasteiger partial charge in [0.2, 0.25) is 0 Å². The topological polar surface area (TPSA) is 50.9 Å². The summed E-state index contributed by atoms with van der Waals surface area (Å²) in [5.74, 6) is 6.48. The van der Waals surface area contributed by atoms with Crippen LogP contribution in [-0.2, 0) is 0 Å². The summed E-state index contributed by atoms with van der Waals surface area (Å²) in [6.07, 6.45) is 3.00. The molecule has 0 aromatic carbocycles. The second-order valence-electron chi connectivity index (χ2n) is 2.93. The van der Waals surface area contributed by atoms with Crippen LogP contribution >= 0.6 is 0 Å². The van der Waals surface area contributed by atoms with Crippen LogP contribution in [0.15, 0.2) is 18.3 Å². The fraction of sp³-hybridized carbons (Fsp3) is 0.444. The number of nitrogens with two attached hydrogens (primary N) is 1. The van der Waals surface area contributed by atoms with Crippen molar-refractivity contribution < 1.29 is 0 Å². The molecule has 0 amide bonds. The van der Waals surface area contributed by atoms with E-state index in [1.807, 2.05) is 12.3 Å². The summed E-state index contributed by atoms with van der Waals surface area (Å²) in [7, 11) is 0. The zero-order valence-corrected chi connectivity index (χ0v) is 7.54. The molecular weight excluding hydrogens is 150 g/mol. The second-order valence-corrected chi connectivity index (χ2v) is 2.93. The normalized spacial score (nSPS) is 12.6. The lowest BCUT2D eigenvalue weighted by Crippen LogP contribution is -2.08. The summed E-state index contributed by atoms with van der Waals surface area (Å²) in [5.41, 5.74) is 3.76. The molecule has 0 fully saturated rings. The molecule has 0 saturated carbocycles. The molecule has 0 aliphatic heterocycles. The lowest BCUT2D eigenvalue weighted by Gasteiger charge is -2.08. The average Bonchev–Trinajstić information content (AvgIpc) is 2.17. The van der Waals surface area contributed by atoms with Gasteiger partial charge in [0.05, 0.1) is 0 Å². The van der Waals surface area contributed by atoms with Crippen molar-refractivity contribution in [2.75, 3.05) is 5.43 Å². The first-order valence-electron chi connectivity index (χ1n) is 4.20. The van der Waals surface area contributed by atoms with Crippen molar-refractivity contribution in [3.05, 3.63) is 23.9 Å². The molecule has 0 aliphatic rings. The molecule has 0 bridgehead atoms. The van der Waals surface area contributed by atoms with Crippen LogP contribution in [0.1, 0.15) is 31.7 Å². The number of nitrogens with one attached hydrogen (secondary N) is 1.